The highest BCUT2D eigenvalue weighted by atomic mass is 32.2. The van der Waals surface area contributed by atoms with Crippen molar-refractivity contribution in [3.05, 3.63) is 29.3 Å². The van der Waals surface area contributed by atoms with Crippen LogP contribution in [0, 0.1) is 6.92 Å². The van der Waals surface area contributed by atoms with Crippen molar-refractivity contribution >= 4 is 23.5 Å². The molecule has 0 aromatic heterocycles. The van der Waals surface area contributed by atoms with Gasteiger partial charge in [-0.05, 0) is 49.8 Å². The molecule has 5 heteroatoms. The molecule has 0 fully saturated rings. The van der Waals surface area contributed by atoms with Gasteiger partial charge in [0, 0.05) is 18.0 Å². The van der Waals surface area contributed by atoms with Gasteiger partial charge in [0.05, 0.1) is 5.60 Å². The monoisotopic (exact) mass is 296 g/mol. The summed E-state index contributed by atoms with van der Waals surface area (Å²) in [6, 6.07) is 5.57. The molecule has 3 N–H and O–H groups in total. The quantitative estimate of drug-likeness (QED) is 0.756. The molecule has 20 heavy (non-hydrogen) atoms. The van der Waals surface area contributed by atoms with Crippen molar-refractivity contribution in [1.29, 1.82) is 0 Å². The summed E-state index contributed by atoms with van der Waals surface area (Å²) in [7, 11) is 0. The molecule has 0 saturated carbocycles. The molecular weight excluding hydrogens is 272 g/mol. The lowest BCUT2D eigenvalue weighted by Gasteiger charge is -2.22. The van der Waals surface area contributed by atoms with Gasteiger partial charge in [-0.25, -0.2) is 4.79 Å². The highest BCUT2D eigenvalue weighted by Crippen LogP contribution is 2.16. The van der Waals surface area contributed by atoms with Gasteiger partial charge in [-0.1, -0.05) is 13.0 Å². The molecule has 0 radical (unpaired) electrons. The van der Waals surface area contributed by atoms with E-state index >= 15 is 0 Å². The average molecular weight is 296 g/mol. The standard InChI is InChI=1S/C15H24N2O2S/c1-5-12-8-13(7-6-11(12)2)17-14(18)16-9-15(3,19)10-20-4/h6-8,19H,5,9-10H2,1-4H3,(H2,16,17,18). The van der Waals surface area contributed by atoms with Crippen LogP contribution in [-0.2, 0) is 6.42 Å². The first-order valence-corrected chi connectivity index (χ1v) is 8.13. The fraction of sp³-hybridized carbons (Fsp3) is 0.533. The summed E-state index contributed by atoms with van der Waals surface area (Å²) >= 11 is 1.55. The van der Waals surface area contributed by atoms with Gasteiger partial charge in [0.15, 0.2) is 0 Å². The van der Waals surface area contributed by atoms with Gasteiger partial charge in [0.25, 0.3) is 0 Å². The first-order valence-electron chi connectivity index (χ1n) is 6.73. The average Bonchev–Trinajstić information content (AvgIpc) is 2.39. The minimum Gasteiger partial charge on any atom is -0.387 e. The van der Waals surface area contributed by atoms with Gasteiger partial charge in [-0.3, -0.25) is 0 Å². The lowest BCUT2D eigenvalue weighted by Crippen LogP contribution is -2.43. The van der Waals surface area contributed by atoms with Crippen molar-refractivity contribution in [2.24, 2.45) is 0 Å². The predicted octanol–water partition coefficient (Wildman–Crippen LogP) is 2.79. The smallest absolute Gasteiger partial charge is 0.319 e. The molecule has 1 unspecified atom stereocenters. The number of aliphatic hydroxyl groups is 1. The molecule has 112 valence electrons. The van der Waals surface area contributed by atoms with Crippen LogP contribution in [0.1, 0.15) is 25.0 Å². The van der Waals surface area contributed by atoms with E-state index in [1.54, 1.807) is 18.7 Å². The summed E-state index contributed by atoms with van der Waals surface area (Å²) in [5.74, 6) is 0.581. The van der Waals surface area contributed by atoms with E-state index in [2.05, 4.69) is 24.5 Å². The maximum absolute atomic E-state index is 11.8. The van der Waals surface area contributed by atoms with E-state index < -0.39 is 5.60 Å². The first kappa shape index (κ1) is 16.9. The lowest BCUT2D eigenvalue weighted by molar-refractivity contribution is 0.0876. The van der Waals surface area contributed by atoms with Crippen LogP contribution in [0.3, 0.4) is 0 Å². The van der Waals surface area contributed by atoms with E-state index in [9.17, 15) is 9.90 Å². The topological polar surface area (TPSA) is 61.4 Å². The number of amides is 2. The number of nitrogens with one attached hydrogen (secondary N) is 2. The number of hydrogen-bond acceptors (Lipinski definition) is 3. The van der Waals surface area contributed by atoms with E-state index in [0.717, 1.165) is 12.1 Å². The van der Waals surface area contributed by atoms with Crippen molar-refractivity contribution in [3.8, 4) is 0 Å². The molecule has 1 rings (SSSR count). The summed E-state index contributed by atoms with van der Waals surface area (Å²) in [6.07, 6.45) is 2.86. The Balaban J connectivity index is 2.54. The fourth-order valence-corrected chi connectivity index (χ4v) is 2.66. The Morgan fingerprint density at radius 2 is 2.15 bits per heavy atom. The van der Waals surface area contributed by atoms with Crippen molar-refractivity contribution in [3.63, 3.8) is 0 Å². The Hall–Kier alpha value is -1.20. The van der Waals surface area contributed by atoms with Crippen LogP contribution in [0.5, 0.6) is 0 Å². The van der Waals surface area contributed by atoms with Crippen LogP contribution in [0.25, 0.3) is 0 Å². The minimum absolute atomic E-state index is 0.228. The second-order valence-corrected chi connectivity index (χ2v) is 6.10. The Bertz CT molecular complexity index is 461. The number of benzene rings is 1. The Morgan fingerprint density at radius 3 is 2.75 bits per heavy atom. The number of thioether (sulfide) groups is 1. The number of aryl methyl sites for hydroxylation is 2. The molecule has 4 nitrogen and oxygen atoms in total. The molecule has 0 saturated heterocycles. The van der Waals surface area contributed by atoms with Gasteiger partial charge in [0.1, 0.15) is 0 Å². The van der Waals surface area contributed by atoms with Gasteiger partial charge < -0.3 is 15.7 Å². The molecule has 0 aliphatic heterocycles. The lowest BCUT2D eigenvalue weighted by atomic mass is 10.1. The van der Waals surface area contributed by atoms with Crippen molar-refractivity contribution in [2.45, 2.75) is 32.8 Å². The van der Waals surface area contributed by atoms with Crippen LogP contribution >= 0.6 is 11.8 Å². The van der Waals surface area contributed by atoms with Crippen LogP contribution in [-0.4, -0.2) is 35.3 Å². The van der Waals surface area contributed by atoms with Gasteiger partial charge in [0.2, 0.25) is 0 Å². The molecule has 1 atom stereocenters. The zero-order valence-electron chi connectivity index (χ0n) is 12.6. The van der Waals surface area contributed by atoms with E-state index in [1.807, 2.05) is 24.5 Å². The third kappa shape index (κ3) is 5.43. The summed E-state index contributed by atoms with van der Waals surface area (Å²) in [5, 5.41) is 15.5. The Kier molecular flexibility index (Phi) is 6.36. The summed E-state index contributed by atoms with van der Waals surface area (Å²) in [4.78, 5) is 11.8. The maximum atomic E-state index is 11.8. The van der Waals surface area contributed by atoms with Crippen LogP contribution in [0.15, 0.2) is 18.2 Å². The second-order valence-electron chi connectivity index (χ2n) is 5.23. The zero-order valence-corrected chi connectivity index (χ0v) is 13.4. The summed E-state index contributed by atoms with van der Waals surface area (Å²) < 4.78 is 0. The Morgan fingerprint density at radius 1 is 1.45 bits per heavy atom. The van der Waals surface area contributed by atoms with Crippen LogP contribution in [0.4, 0.5) is 10.5 Å². The van der Waals surface area contributed by atoms with Crippen LogP contribution in [0.2, 0.25) is 0 Å². The number of hydrogen-bond donors (Lipinski definition) is 3. The van der Waals surface area contributed by atoms with Gasteiger partial charge in [-0.15, -0.1) is 0 Å². The van der Waals surface area contributed by atoms with Gasteiger partial charge >= 0.3 is 6.03 Å². The zero-order chi connectivity index (χ0) is 15.2. The second kappa shape index (κ2) is 7.55. The number of rotatable bonds is 6. The number of carbonyl (C=O) groups excluding carboxylic acids is 1. The fourth-order valence-electron chi connectivity index (χ4n) is 1.94. The maximum Gasteiger partial charge on any atom is 0.319 e. The number of anilines is 1. The molecule has 0 spiro atoms. The largest absolute Gasteiger partial charge is 0.387 e. The van der Waals surface area contributed by atoms with Crippen LogP contribution < -0.4 is 10.6 Å². The first-order chi connectivity index (χ1) is 9.38. The van der Waals surface area contributed by atoms with E-state index in [0.29, 0.717) is 5.75 Å². The number of urea groups is 1. The molecule has 0 bridgehead atoms. The van der Waals surface area contributed by atoms with Crippen molar-refractivity contribution in [1.82, 2.24) is 5.32 Å². The highest BCUT2D eigenvalue weighted by Gasteiger charge is 2.20. The molecule has 1 aromatic carbocycles. The third-order valence-corrected chi connectivity index (χ3v) is 3.98. The third-order valence-electron chi connectivity index (χ3n) is 3.07. The molecular formula is C15H24N2O2S. The normalized spacial score (nSPS) is 13.7. The van der Waals surface area contributed by atoms with E-state index in [-0.39, 0.29) is 12.6 Å². The van der Waals surface area contributed by atoms with Gasteiger partial charge in [-0.2, -0.15) is 11.8 Å². The molecule has 0 heterocycles. The predicted molar refractivity (Wildman–Crippen MR) is 86.6 cm³/mol. The van der Waals surface area contributed by atoms with E-state index in [4.69, 9.17) is 0 Å². The minimum atomic E-state index is -0.890. The Labute approximate surface area is 125 Å². The molecule has 0 aliphatic carbocycles. The van der Waals surface area contributed by atoms with Crippen molar-refractivity contribution in [2.75, 3.05) is 23.9 Å². The van der Waals surface area contributed by atoms with E-state index in [1.165, 1.54) is 11.1 Å². The highest BCUT2D eigenvalue weighted by molar-refractivity contribution is 7.98. The number of carbonyl (C=O) groups is 1. The van der Waals surface area contributed by atoms with Crippen molar-refractivity contribution < 1.29 is 9.90 Å². The molecule has 0 aliphatic rings. The molecule has 2 amide bonds. The summed E-state index contributed by atoms with van der Waals surface area (Å²) in [5.41, 5.74) is 2.33. The molecule has 1 aromatic rings. The summed E-state index contributed by atoms with van der Waals surface area (Å²) in [6.45, 7) is 6.09. The SMILES string of the molecule is CCc1cc(NC(=O)NCC(C)(O)CSC)ccc1C.